The van der Waals surface area contributed by atoms with Gasteiger partial charge in [0, 0.05) is 14.7 Å². The molecule has 0 heterocycles. The lowest BCUT2D eigenvalue weighted by molar-refractivity contribution is -0.113. The third-order valence-electron chi connectivity index (χ3n) is 2.06. The van der Waals surface area contributed by atoms with Crippen molar-refractivity contribution < 1.29 is 9.53 Å². The summed E-state index contributed by atoms with van der Waals surface area (Å²) < 4.78 is 7.72. The largest absolute Gasteiger partial charge is 0.493 e. The molecule has 1 rings (SSSR count). The van der Waals surface area contributed by atoms with Crippen molar-refractivity contribution in [2.24, 2.45) is 0 Å². The van der Waals surface area contributed by atoms with Crippen LogP contribution in [0.4, 0.5) is 5.69 Å². The summed E-state index contributed by atoms with van der Waals surface area (Å²) in [4.78, 5) is 11.8. The highest BCUT2D eigenvalue weighted by Gasteiger charge is 2.16. The zero-order chi connectivity index (χ0) is 14.4. The van der Waals surface area contributed by atoms with E-state index in [1.165, 1.54) is 11.8 Å². The number of nitrogens with one attached hydrogen (secondary N) is 1. The molecule has 0 saturated carbocycles. The number of hydrogen-bond donors (Lipinski definition) is 1. The van der Waals surface area contributed by atoms with Gasteiger partial charge in [0.25, 0.3) is 0 Å². The fourth-order valence-corrected chi connectivity index (χ4v) is 3.41. The Morgan fingerprint density at radius 3 is 2.74 bits per heavy atom. The minimum Gasteiger partial charge on any atom is -0.493 e. The molecule has 1 aromatic rings. The molecule has 0 unspecified atom stereocenters. The first-order chi connectivity index (χ1) is 9.01. The van der Waals surface area contributed by atoms with E-state index in [1.807, 2.05) is 0 Å². The Hall–Kier alpha value is 0.0200. The SMILES string of the molecule is C=CCSCC(=O)Nc1cc(Br)c(Br)c(Br)c1OC. The number of carbonyl (C=O) groups excluding carboxylic acids is 1. The number of methoxy groups -OCH3 is 1. The molecule has 3 nitrogen and oxygen atoms in total. The first kappa shape index (κ1) is 17.1. The van der Waals surface area contributed by atoms with Gasteiger partial charge >= 0.3 is 0 Å². The minimum absolute atomic E-state index is 0.0775. The molecule has 19 heavy (non-hydrogen) atoms. The van der Waals surface area contributed by atoms with Gasteiger partial charge < -0.3 is 10.1 Å². The van der Waals surface area contributed by atoms with Gasteiger partial charge in [0.15, 0.2) is 5.75 Å². The third kappa shape index (κ3) is 4.81. The minimum atomic E-state index is -0.0775. The molecule has 0 aliphatic carbocycles. The Labute approximate surface area is 141 Å². The van der Waals surface area contributed by atoms with Crippen LogP contribution in [0, 0.1) is 0 Å². The summed E-state index contributed by atoms with van der Waals surface area (Å²) in [7, 11) is 1.56. The maximum atomic E-state index is 11.8. The van der Waals surface area contributed by atoms with Crippen LogP contribution >= 0.6 is 59.6 Å². The number of amides is 1. The van der Waals surface area contributed by atoms with Gasteiger partial charge in [-0.25, -0.2) is 0 Å². The van der Waals surface area contributed by atoms with Crippen molar-refractivity contribution in [2.75, 3.05) is 23.9 Å². The molecular weight excluding hydrogens is 462 g/mol. The normalized spacial score (nSPS) is 10.1. The summed E-state index contributed by atoms with van der Waals surface area (Å²) in [6.45, 7) is 3.61. The Morgan fingerprint density at radius 2 is 2.16 bits per heavy atom. The molecule has 1 aromatic carbocycles. The lowest BCUT2D eigenvalue weighted by Gasteiger charge is -2.14. The smallest absolute Gasteiger partial charge is 0.234 e. The molecular formula is C12H12Br3NO2S. The van der Waals surface area contributed by atoms with Gasteiger partial charge in [-0.15, -0.1) is 18.3 Å². The predicted octanol–water partition coefficient (Wildman–Crippen LogP) is 4.84. The predicted molar refractivity (Wildman–Crippen MR) is 92.2 cm³/mol. The van der Waals surface area contributed by atoms with Crippen LogP contribution in [0.25, 0.3) is 0 Å². The summed E-state index contributed by atoms with van der Waals surface area (Å²) in [6, 6.07) is 1.80. The number of halogens is 3. The summed E-state index contributed by atoms with van der Waals surface area (Å²) in [5, 5.41) is 2.83. The van der Waals surface area contributed by atoms with Crippen molar-refractivity contribution in [3.05, 3.63) is 32.1 Å². The third-order valence-corrected chi connectivity index (χ3v) is 6.27. The van der Waals surface area contributed by atoms with E-state index in [1.54, 1.807) is 19.3 Å². The van der Waals surface area contributed by atoms with Crippen molar-refractivity contribution in [1.29, 1.82) is 0 Å². The van der Waals surface area contributed by atoms with E-state index in [0.29, 0.717) is 17.2 Å². The standard InChI is InChI=1S/C12H12Br3NO2S/c1-3-4-19-6-9(17)16-8-5-7(13)10(14)11(15)12(8)18-2/h3,5H,1,4,6H2,2H3,(H,16,17). The lowest BCUT2D eigenvalue weighted by atomic mass is 10.3. The number of anilines is 1. The van der Waals surface area contributed by atoms with Crippen LogP contribution in [0.5, 0.6) is 5.75 Å². The fraction of sp³-hybridized carbons (Fsp3) is 0.250. The van der Waals surface area contributed by atoms with Crippen molar-refractivity contribution >= 4 is 71.1 Å². The van der Waals surface area contributed by atoms with E-state index in [4.69, 9.17) is 4.74 Å². The molecule has 1 N–H and O–H groups in total. The van der Waals surface area contributed by atoms with Gasteiger partial charge in [0.1, 0.15) is 0 Å². The Morgan fingerprint density at radius 1 is 1.47 bits per heavy atom. The van der Waals surface area contributed by atoms with E-state index < -0.39 is 0 Å². The second kappa shape index (κ2) is 8.34. The summed E-state index contributed by atoms with van der Waals surface area (Å²) in [6.07, 6.45) is 1.77. The van der Waals surface area contributed by atoms with E-state index >= 15 is 0 Å². The highest BCUT2D eigenvalue weighted by molar-refractivity contribution is 9.14. The van der Waals surface area contributed by atoms with Gasteiger partial charge in [-0.1, -0.05) is 6.08 Å². The molecule has 104 valence electrons. The first-order valence-electron chi connectivity index (χ1n) is 5.21. The average molecular weight is 474 g/mol. The molecule has 0 fully saturated rings. The number of benzene rings is 1. The topological polar surface area (TPSA) is 38.3 Å². The van der Waals surface area contributed by atoms with Gasteiger partial charge in [0.05, 0.1) is 23.0 Å². The maximum Gasteiger partial charge on any atom is 0.234 e. The van der Waals surface area contributed by atoms with Crippen LogP contribution < -0.4 is 10.1 Å². The van der Waals surface area contributed by atoms with Crippen LogP contribution in [0.2, 0.25) is 0 Å². The lowest BCUT2D eigenvalue weighted by Crippen LogP contribution is -2.15. The van der Waals surface area contributed by atoms with Crippen molar-refractivity contribution in [3.8, 4) is 5.75 Å². The van der Waals surface area contributed by atoms with E-state index in [9.17, 15) is 4.79 Å². The Balaban J connectivity index is 2.88. The molecule has 0 saturated heterocycles. The highest BCUT2D eigenvalue weighted by Crippen LogP contribution is 2.43. The number of ether oxygens (including phenoxy) is 1. The molecule has 0 spiro atoms. The molecule has 0 bridgehead atoms. The Kier molecular flexibility index (Phi) is 7.49. The molecule has 0 atom stereocenters. The molecule has 1 amide bonds. The van der Waals surface area contributed by atoms with Gasteiger partial charge in [-0.05, 0) is 53.9 Å². The van der Waals surface area contributed by atoms with Crippen LogP contribution in [-0.2, 0) is 4.79 Å². The van der Waals surface area contributed by atoms with Gasteiger partial charge in [0.2, 0.25) is 5.91 Å². The van der Waals surface area contributed by atoms with Crippen LogP contribution in [0.15, 0.2) is 32.1 Å². The van der Waals surface area contributed by atoms with Gasteiger partial charge in [-0.3, -0.25) is 4.79 Å². The fourth-order valence-electron chi connectivity index (χ4n) is 1.29. The van der Waals surface area contributed by atoms with Crippen molar-refractivity contribution in [1.82, 2.24) is 0 Å². The van der Waals surface area contributed by atoms with Crippen molar-refractivity contribution in [2.45, 2.75) is 0 Å². The summed E-state index contributed by atoms with van der Waals surface area (Å²) in [5.74, 6) is 1.63. The quantitative estimate of drug-likeness (QED) is 0.365. The average Bonchev–Trinajstić information content (AvgIpc) is 2.37. The van der Waals surface area contributed by atoms with Crippen LogP contribution in [0.3, 0.4) is 0 Å². The maximum absolute atomic E-state index is 11.8. The highest BCUT2D eigenvalue weighted by atomic mass is 79.9. The second-order valence-corrected chi connectivity index (χ2v) is 6.89. The number of carbonyl (C=O) groups is 1. The van der Waals surface area contributed by atoms with Gasteiger partial charge in [-0.2, -0.15) is 0 Å². The zero-order valence-corrected chi connectivity index (χ0v) is 15.7. The van der Waals surface area contributed by atoms with E-state index in [-0.39, 0.29) is 5.91 Å². The van der Waals surface area contributed by atoms with Crippen LogP contribution in [-0.4, -0.2) is 24.5 Å². The Bertz CT molecular complexity index is 494. The molecule has 0 aromatic heterocycles. The number of hydrogen-bond acceptors (Lipinski definition) is 3. The summed E-state index contributed by atoms with van der Waals surface area (Å²) >= 11 is 11.8. The van der Waals surface area contributed by atoms with Crippen molar-refractivity contribution in [3.63, 3.8) is 0 Å². The molecule has 7 heteroatoms. The van der Waals surface area contributed by atoms with E-state index in [0.717, 1.165) is 19.2 Å². The van der Waals surface area contributed by atoms with Crippen LogP contribution in [0.1, 0.15) is 0 Å². The zero-order valence-electron chi connectivity index (χ0n) is 10.1. The molecule has 0 aliphatic heterocycles. The number of rotatable bonds is 6. The number of thioether (sulfide) groups is 1. The summed E-state index contributed by atoms with van der Waals surface area (Å²) in [5.41, 5.74) is 0.619. The second-order valence-electron chi connectivity index (χ2n) is 3.42. The van der Waals surface area contributed by atoms with E-state index in [2.05, 4.69) is 59.7 Å². The first-order valence-corrected chi connectivity index (χ1v) is 8.74. The molecule has 0 aliphatic rings. The molecule has 0 radical (unpaired) electrons. The monoisotopic (exact) mass is 471 g/mol.